The van der Waals surface area contributed by atoms with Gasteiger partial charge in [-0.25, -0.2) is 0 Å². The van der Waals surface area contributed by atoms with Crippen LogP contribution in [0.3, 0.4) is 0 Å². The van der Waals surface area contributed by atoms with Crippen LogP contribution in [-0.2, 0) is 6.54 Å². The molecule has 140 valence electrons. The van der Waals surface area contributed by atoms with Gasteiger partial charge in [-0.05, 0) is 52.7 Å². The Morgan fingerprint density at radius 3 is 2.34 bits per heavy atom. The van der Waals surface area contributed by atoms with Gasteiger partial charge < -0.3 is 10.0 Å². The summed E-state index contributed by atoms with van der Waals surface area (Å²) in [6.45, 7) is 0.671. The first-order valence-corrected chi connectivity index (χ1v) is 9.66. The van der Waals surface area contributed by atoms with Crippen molar-refractivity contribution >= 4 is 33.1 Å². The van der Waals surface area contributed by atoms with E-state index in [0.29, 0.717) is 12.1 Å². The fourth-order valence-electron chi connectivity index (χ4n) is 3.81. The third-order valence-corrected chi connectivity index (χ3v) is 5.28. The first kappa shape index (κ1) is 17.3. The van der Waals surface area contributed by atoms with E-state index in [2.05, 4.69) is 76.6 Å². The molecule has 0 atom stereocenters. The van der Waals surface area contributed by atoms with E-state index in [1.807, 2.05) is 24.3 Å². The van der Waals surface area contributed by atoms with Crippen molar-refractivity contribution < 1.29 is 5.11 Å². The highest BCUT2D eigenvalue weighted by molar-refractivity contribution is 5.89. The van der Waals surface area contributed by atoms with E-state index in [4.69, 9.17) is 0 Å². The SMILES string of the molecule is Oc1ccc(CN(c2ccccc2)c2ccc3ccccc3c2)c2cccnc12. The summed E-state index contributed by atoms with van der Waals surface area (Å²) in [7, 11) is 0. The lowest BCUT2D eigenvalue weighted by molar-refractivity contribution is 0.480. The van der Waals surface area contributed by atoms with E-state index in [-0.39, 0.29) is 5.75 Å². The average molecular weight is 376 g/mol. The molecule has 0 unspecified atom stereocenters. The van der Waals surface area contributed by atoms with Gasteiger partial charge in [-0.15, -0.1) is 0 Å². The van der Waals surface area contributed by atoms with Gasteiger partial charge in [0, 0.05) is 29.5 Å². The van der Waals surface area contributed by atoms with Gasteiger partial charge in [0.05, 0.1) is 0 Å². The van der Waals surface area contributed by atoms with Gasteiger partial charge >= 0.3 is 0 Å². The Morgan fingerprint density at radius 1 is 0.690 bits per heavy atom. The van der Waals surface area contributed by atoms with E-state index >= 15 is 0 Å². The second kappa shape index (κ2) is 7.28. The number of nitrogens with zero attached hydrogens (tertiary/aromatic N) is 2. The lowest BCUT2D eigenvalue weighted by Crippen LogP contribution is -2.16. The molecule has 3 nitrogen and oxygen atoms in total. The average Bonchev–Trinajstić information content (AvgIpc) is 2.79. The smallest absolute Gasteiger partial charge is 0.141 e. The van der Waals surface area contributed by atoms with Gasteiger partial charge in [-0.1, -0.05) is 60.7 Å². The number of benzene rings is 4. The van der Waals surface area contributed by atoms with Crippen molar-refractivity contribution in [3.63, 3.8) is 0 Å². The first-order chi connectivity index (χ1) is 14.3. The minimum Gasteiger partial charge on any atom is -0.506 e. The normalized spacial score (nSPS) is 11.0. The van der Waals surface area contributed by atoms with Crippen LogP contribution in [0.4, 0.5) is 11.4 Å². The van der Waals surface area contributed by atoms with E-state index in [1.165, 1.54) is 10.8 Å². The Morgan fingerprint density at radius 2 is 1.48 bits per heavy atom. The van der Waals surface area contributed by atoms with Gasteiger partial charge in [-0.2, -0.15) is 0 Å². The van der Waals surface area contributed by atoms with Gasteiger partial charge in [-0.3, -0.25) is 4.98 Å². The summed E-state index contributed by atoms with van der Waals surface area (Å²) in [4.78, 5) is 6.66. The molecule has 1 heterocycles. The van der Waals surface area contributed by atoms with Gasteiger partial charge in [0.1, 0.15) is 11.3 Å². The zero-order chi connectivity index (χ0) is 19.6. The molecule has 0 radical (unpaired) electrons. The van der Waals surface area contributed by atoms with Gasteiger partial charge in [0.25, 0.3) is 0 Å². The summed E-state index contributed by atoms with van der Waals surface area (Å²) in [5, 5.41) is 13.6. The molecule has 0 aliphatic carbocycles. The molecule has 0 fully saturated rings. The first-order valence-electron chi connectivity index (χ1n) is 9.66. The third-order valence-electron chi connectivity index (χ3n) is 5.28. The molecule has 29 heavy (non-hydrogen) atoms. The second-order valence-corrected chi connectivity index (χ2v) is 7.10. The van der Waals surface area contributed by atoms with Crippen molar-refractivity contribution in [3.8, 4) is 5.75 Å². The topological polar surface area (TPSA) is 36.4 Å². The van der Waals surface area contributed by atoms with E-state index in [1.54, 1.807) is 12.3 Å². The Balaban J connectivity index is 1.65. The molecule has 0 aliphatic rings. The molecular weight excluding hydrogens is 356 g/mol. The maximum Gasteiger partial charge on any atom is 0.141 e. The Kier molecular flexibility index (Phi) is 4.34. The molecule has 1 aromatic heterocycles. The van der Waals surface area contributed by atoms with Crippen LogP contribution in [0.5, 0.6) is 5.75 Å². The summed E-state index contributed by atoms with van der Waals surface area (Å²) < 4.78 is 0. The Bertz CT molecular complexity index is 1300. The molecule has 3 heteroatoms. The highest BCUT2D eigenvalue weighted by Gasteiger charge is 2.14. The number of rotatable bonds is 4. The molecule has 0 amide bonds. The molecule has 0 aliphatic heterocycles. The molecule has 0 saturated carbocycles. The number of aromatic nitrogens is 1. The summed E-state index contributed by atoms with van der Waals surface area (Å²) in [6, 6.07) is 33.0. The second-order valence-electron chi connectivity index (χ2n) is 7.10. The van der Waals surface area contributed by atoms with Crippen LogP contribution in [0.2, 0.25) is 0 Å². The maximum atomic E-state index is 10.2. The number of para-hydroxylation sites is 1. The molecule has 4 aromatic carbocycles. The number of aromatic hydroxyl groups is 1. The molecule has 0 spiro atoms. The van der Waals surface area contributed by atoms with E-state index < -0.39 is 0 Å². The van der Waals surface area contributed by atoms with Crippen molar-refractivity contribution in [2.75, 3.05) is 4.90 Å². The molecular formula is C26H20N2O. The van der Waals surface area contributed by atoms with Crippen molar-refractivity contribution in [1.82, 2.24) is 4.98 Å². The van der Waals surface area contributed by atoms with Crippen molar-refractivity contribution in [1.29, 1.82) is 0 Å². The minimum atomic E-state index is 0.210. The maximum absolute atomic E-state index is 10.2. The van der Waals surface area contributed by atoms with Gasteiger partial charge in [0.2, 0.25) is 0 Å². The lowest BCUT2D eigenvalue weighted by Gasteiger charge is -2.26. The van der Waals surface area contributed by atoms with Crippen LogP contribution in [0.25, 0.3) is 21.7 Å². The highest BCUT2D eigenvalue weighted by atomic mass is 16.3. The summed E-state index contributed by atoms with van der Waals surface area (Å²) in [5.74, 6) is 0.210. The predicted octanol–water partition coefficient (Wildman–Crippen LogP) is 6.43. The standard InChI is InChI=1S/C26H20N2O/c29-25-15-13-21(24-11-6-16-27-26(24)25)18-28(22-9-2-1-3-10-22)23-14-12-19-7-4-5-8-20(19)17-23/h1-17,29H,18H2. The van der Waals surface area contributed by atoms with Crippen LogP contribution in [-0.4, -0.2) is 10.1 Å². The monoisotopic (exact) mass is 376 g/mol. The number of pyridine rings is 1. The quantitative estimate of drug-likeness (QED) is 0.392. The van der Waals surface area contributed by atoms with Crippen LogP contribution in [0.15, 0.2) is 103 Å². The van der Waals surface area contributed by atoms with E-state index in [9.17, 15) is 5.11 Å². The van der Waals surface area contributed by atoms with Crippen molar-refractivity contribution in [3.05, 3.63) is 109 Å². The Hall–Kier alpha value is -3.85. The molecule has 5 aromatic rings. The third kappa shape index (κ3) is 3.27. The summed E-state index contributed by atoms with van der Waals surface area (Å²) >= 11 is 0. The van der Waals surface area contributed by atoms with Gasteiger partial charge in [0.15, 0.2) is 0 Å². The highest BCUT2D eigenvalue weighted by Crippen LogP contribution is 2.33. The number of fused-ring (bicyclic) bond motifs is 2. The fourth-order valence-corrected chi connectivity index (χ4v) is 3.81. The molecule has 5 rings (SSSR count). The van der Waals surface area contributed by atoms with Crippen LogP contribution >= 0.6 is 0 Å². The van der Waals surface area contributed by atoms with Crippen LogP contribution in [0.1, 0.15) is 5.56 Å². The number of anilines is 2. The number of hydrogen-bond acceptors (Lipinski definition) is 3. The van der Waals surface area contributed by atoms with Crippen molar-refractivity contribution in [2.24, 2.45) is 0 Å². The lowest BCUT2D eigenvalue weighted by atomic mass is 10.1. The number of hydrogen-bond donors (Lipinski definition) is 1. The van der Waals surface area contributed by atoms with Crippen molar-refractivity contribution in [2.45, 2.75) is 6.54 Å². The zero-order valence-corrected chi connectivity index (χ0v) is 15.9. The van der Waals surface area contributed by atoms with Crippen LogP contribution < -0.4 is 4.90 Å². The minimum absolute atomic E-state index is 0.210. The summed E-state index contributed by atoms with van der Waals surface area (Å²) in [6.07, 6.45) is 1.71. The molecule has 1 N–H and O–H groups in total. The van der Waals surface area contributed by atoms with Crippen LogP contribution in [0, 0.1) is 0 Å². The zero-order valence-electron chi connectivity index (χ0n) is 15.9. The fraction of sp³-hybridized carbons (Fsp3) is 0.0385. The largest absolute Gasteiger partial charge is 0.506 e. The number of phenols is 1. The van der Waals surface area contributed by atoms with E-state index in [0.717, 1.165) is 22.3 Å². The predicted molar refractivity (Wildman–Crippen MR) is 120 cm³/mol. The summed E-state index contributed by atoms with van der Waals surface area (Å²) in [5.41, 5.74) is 3.99. The molecule has 0 bridgehead atoms. The molecule has 0 saturated heterocycles. The number of phenolic OH excluding ortho intramolecular Hbond substituents is 1. The Labute approximate surface area is 169 Å².